The number of benzene rings is 1. The maximum absolute atomic E-state index is 14.1. The molecule has 192 valence electrons. The highest BCUT2D eigenvalue weighted by Gasteiger charge is 2.39. The molecule has 7 heteroatoms. The number of carbonyl (C=O) groups is 3. The lowest BCUT2D eigenvalue weighted by atomic mass is 9.94. The largest absolute Gasteiger partial charge is 0.444 e. The highest BCUT2D eigenvalue weighted by molar-refractivity contribution is 5.92. The number of rotatable bonds is 10. The molecule has 3 atom stereocenters. The van der Waals surface area contributed by atoms with Crippen molar-refractivity contribution >= 4 is 17.9 Å². The van der Waals surface area contributed by atoms with E-state index >= 15 is 0 Å². The molecule has 0 fully saturated rings. The van der Waals surface area contributed by atoms with E-state index in [-0.39, 0.29) is 29.8 Å². The Hall–Kier alpha value is -2.57. The van der Waals surface area contributed by atoms with Gasteiger partial charge in [-0.2, -0.15) is 0 Å². The monoisotopic (exact) mass is 475 g/mol. The Bertz CT molecular complexity index is 829. The van der Waals surface area contributed by atoms with Crippen LogP contribution in [0.3, 0.4) is 0 Å². The molecule has 0 heterocycles. The Labute approximate surface area is 206 Å². The highest BCUT2D eigenvalue weighted by atomic mass is 16.6. The fourth-order valence-electron chi connectivity index (χ4n) is 3.79. The van der Waals surface area contributed by atoms with Crippen molar-refractivity contribution in [3.05, 3.63) is 35.4 Å². The maximum atomic E-state index is 14.1. The second-order valence-electron chi connectivity index (χ2n) is 10.8. The molecule has 34 heavy (non-hydrogen) atoms. The molecule has 2 N–H and O–H groups in total. The molecule has 1 rings (SSSR count). The van der Waals surface area contributed by atoms with E-state index in [9.17, 15) is 14.4 Å². The van der Waals surface area contributed by atoms with E-state index in [1.807, 2.05) is 72.7 Å². The van der Waals surface area contributed by atoms with Gasteiger partial charge in [0.2, 0.25) is 11.8 Å². The van der Waals surface area contributed by atoms with Crippen molar-refractivity contribution in [1.82, 2.24) is 15.5 Å². The number of carbonyl (C=O) groups excluding carboxylic acids is 3. The molecule has 0 spiro atoms. The Morgan fingerprint density at radius 2 is 1.59 bits per heavy atom. The maximum Gasteiger partial charge on any atom is 0.408 e. The summed E-state index contributed by atoms with van der Waals surface area (Å²) in [5.74, 6) is -0.386. The lowest BCUT2D eigenvalue weighted by molar-refractivity contribution is -0.145. The average Bonchev–Trinajstić information content (AvgIpc) is 2.68. The van der Waals surface area contributed by atoms with Crippen LogP contribution in [0.4, 0.5) is 4.79 Å². The summed E-state index contributed by atoms with van der Waals surface area (Å²) >= 11 is 0. The van der Waals surface area contributed by atoms with Crippen molar-refractivity contribution in [2.24, 2.45) is 5.92 Å². The number of ether oxygens (including phenoxy) is 1. The van der Waals surface area contributed by atoms with Crippen LogP contribution < -0.4 is 10.6 Å². The van der Waals surface area contributed by atoms with Crippen LogP contribution in [0.25, 0.3) is 0 Å². The average molecular weight is 476 g/mol. The van der Waals surface area contributed by atoms with Crippen molar-refractivity contribution < 1.29 is 19.1 Å². The van der Waals surface area contributed by atoms with Crippen molar-refractivity contribution in [3.8, 4) is 0 Å². The first-order chi connectivity index (χ1) is 15.7. The number of hydrogen-bond acceptors (Lipinski definition) is 4. The normalized spacial score (nSPS) is 14.4. The van der Waals surface area contributed by atoms with Crippen LogP contribution in [-0.2, 0) is 14.3 Å². The van der Waals surface area contributed by atoms with Crippen LogP contribution in [0.5, 0.6) is 0 Å². The molecule has 0 aliphatic heterocycles. The quantitative estimate of drug-likeness (QED) is 0.491. The molecular weight excluding hydrogens is 430 g/mol. The van der Waals surface area contributed by atoms with Gasteiger partial charge in [-0.05, 0) is 78.4 Å². The second-order valence-corrected chi connectivity index (χ2v) is 10.8. The molecule has 3 amide bonds. The van der Waals surface area contributed by atoms with Gasteiger partial charge in [-0.15, -0.1) is 0 Å². The fraction of sp³-hybridized carbons (Fsp3) is 0.667. The molecule has 0 aromatic heterocycles. The lowest BCUT2D eigenvalue weighted by Crippen LogP contribution is -2.56. The van der Waals surface area contributed by atoms with Crippen molar-refractivity contribution in [2.75, 3.05) is 0 Å². The van der Waals surface area contributed by atoms with E-state index < -0.39 is 23.8 Å². The minimum Gasteiger partial charge on any atom is -0.444 e. The van der Waals surface area contributed by atoms with E-state index in [4.69, 9.17) is 4.74 Å². The summed E-state index contributed by atoms with van der Waals surface area (Å²) in [4.78, 5) is 41.8. The van der Waals surface area contributed by atoms with E-state index in [0.717, 1.165) is 11.1 Å². The zero-order valence-electron chi connectivity index (χ0n) is 22.7. The number of nitrogens with zero attached hydrogens (tertiary/aromatic N) is 1. The summed E-state index contributed by atoms with van der Waals surface area (Å²) in [5.41, 5.74) is 1.01. The predicted octanol–water partition coefficient (Wildman–Crippen LogP) is 5.13. The van der Waals surface area contributed by atoms with Crippen LogP contribution >= 0.6 is 0 Å². The number of alkyl carbamates (subject to hydrolysis) is 1. The molecular formula is C27H45N3O4. The molecule has 0 bridgehead atoms. The van der Waals surface area contributed by atoms with Gasteiger partial charge >= 0.3 is 6.09 Å². The Balaban J connectivity index is 3.53. The molecule has 0 aliphatic carbocycles. The van der Waals surface area contributed by atoms with Gasteiger partial charge in [0.05, 0.1) is 0 Å². The van der Waals surface area contributed by atoms with E-state index in [1.54, 1.807) is 25.7 Å². The summed E-state index contributed by atoms with van der Waals surface area (Å²) in [7, 11) is 0. The third-order valence-electron chi connectivity index (χ3n) is 5.46. The molecule has 7 nitrogen and oxygen atoms in total. The summed E-state index contributed by atoms with van der Waals surface area (Å²) in [5, 5.41) is 5.77. The lowest BCUT2D eigenvalue weighted by Gasteiger charge is -2.39. The summed E-state index contributed by atoms with van der Waals surface area (Å²) in [6.45, 7) is 19.0. The standard InChI is InChI=1S/C27H45N3O4/c1-11-20(7)30(23(24(31)28-18(4)5)21-15-13-12-14-19(21)6)25(32)22(16-17(2)3)29-26(33)34-27(8,9)10/h12-15,17-18,20,22-23H,11,16H2,1-10H3,(H,28,31)(H,29,33). The molecule has 0 saturated heterocycles. The van der Waals surface area contributed by atoms with Gasteiger partial charge in [-0.1, -0.05) is 45.0 Å². The highest BCUT2D eigenvalue weighted by Crippen LogP contribution is 2.29. The molecule has 1 aromatic rings. The van der Waals surface area contributed by atoms with Gasteiger partial charge in [0.25, 0.3) is 0 Å². The first-order valence-corrected chi connectivity index (χ1v) is 12.3. The van der Waals surface area contributed by atoms with Crippen molar-refractivity contribution in [3.63, 3.8) is 0 Å². The third kappa shape index (κ3) is 8.99. The molecule has 0 aliphatic rings. The zero-order valence-corrected chi connectivity index (χ0v) is 22.7. The van der Waals surface area contributed by atoms with Gasteiger partial charge in [-0.25, -0.2) is 4.79 Å². The second kappa shape index (κ2) is 12.8. The number of nitrogens with one attached hydrogen (secondary N) is 2. The number of aryl methyl sites for hydroxylation is 1. The first-order valence-electron chi connectivity index (χ1n) is 12.3. The van der Waals surface area contributed by atoms with Gasteiger partial charge in [0.1, 0.15) is 17.7 Å². The summed E-state index contributed by atoms with van der Waals surface area (Å²) in [6, 6.07) is 5.67. The molecule has 1 aromatic carbocycles. The van der Waals surface area contributed by atoms with Crippen LogP contribution in [0.1, 0.15) is 92.3 Å². The molecule has 3 unspecified atom stereocenters. The fourth-order valence-corrected chi connectivity index (χ4v) is 3.79. The van der Waals surface area contributed by atoms with E-state index in [0.29, 0.717) is 12.8 Å². The van der Waals surface area contributed by atoms with Gasteiger partial charge in [0.15, 0.2) is 0 Å². The molecule has 0 radical (unpaired) electrons. The number of amides is 3. The Kier molecular flexibility index (Phi) is 11.1. The van der Waals surface area contributed by atoms with Crippen LogP contribution in [-0.4, -0.2) is 46.5 Å². The van der Waals surface area contributed by atoms with Gasteiger partial charge in [-0.3, -0.25) is 9.59 Å². The minimum absolute atomic E-state index is 0.0840. The summed E-state index contributed by atoms with van der Waals surface area (Å²) in [6.07, 6.45) is 0.441. The van der Waals surface area contributed by atoms with Crippen LogP contribution in [0.2, 0.25) is 0 Å². The van der Waals surface area contributed by atoms with E-state index in [1.165, 1.54) is 0 Å². The predicted molar refractivity (Wildman–Crippen MR) is 136 cm³/mol. The van der Waals surface area contributed by atoms with Crippen LogP contribution in [0.15, 0.2) is 24.3 Å². The SMILES string of the molecule is CCC(C)N(C(=O)C(CC(C)C)NC(=O)OC(C)(C)C)C(C(=O)NC(C)C)c1ccccc1C. The summed E-state index contributed by atoms with van der Waals surface area (Å²) < 4.78 is 5.43. The van der Waals surface area contributed by atoms with E-state index in [2.05, 4.69) is 10.6 Å². The third-order valence-corrected chi connectivity index (χ3v) is 5.46. The van der Waals surface area contributed by atoms with Crippen molar-refractivity contribution in [1.29, 1.82) is 0 Å². The van der Waals surface area contributed by atoms with Gasteiger partial charge < -0.3 is 20.3 Å². The topological polar surface area (TPSA) is 87.7 Å². The van der Waals surface area contributed by atoms with Crippen LogP contribution in [0, 0.1) is 12.8 Å². The Morgan fingerprint density at radius 3 is 2.06 bits per heavy atom. The smallest absolute Gasteiger partial charge is 0.408 e. The zero-order chi connectivity index (χ0) is 26.2. The Morgan fingerprint density at radius 1 is 1.00 bits per heavy atom. The first kappa shape index (κ1) is 29.5. The minimum atomic E-state index is -0.818. The molecule has 0 saturated carbocycles. The van der Waals surface area contributed by atoms with Crippen molar-refractivity contribution in [2.45, 2.75) is 112 Å². The number of hydrogen-bond donors (Lipinski definition) is 2. The van der Waals surface area contributed by atoms with Gasteiger partial charge in [0, 0.05) is 12.1 Å².